The second-order valence-corrected chi connectivity index (χ2v) is 4.15. The van der Waals surface area contributed by atoms with Gasteiger partial charge in [0.25, 0.3) is 0 Å². The predicted molar refractivity (Wildman–Crippen MR) is 58.4 cm³/mol. The number of hydrogen-bond donors (Lipinski definition) is 3. The summed E-state index contributed by atoms with van der Waals surface area (Å²) in [5.74, 6) is 0. The third-order valence-electron chi connectivity index (χ3n) is 3.34. The first-order chi connectivity index (χ1) is 7.26. The highest BCUT2D eigenvalue weighted by molar-refractivity contribution is 5.27. The molecule has 3 heteroatoms. The van der Waals surface area contributed by atoms with E-state index in [4.69, 9.17) is 0 Å². The van der Waals surface area contributed by atoms with Crippen molar-refractivity contribution in [2.24, 2.45) is 0 Å². The van der Waals surface area contributed by atoms with E-state index in [1.165, 1.54) is 0 Å². The Morgan fingerprint density at radius 3 is 2.20 bits per heavy atom. The quantitative estimate of drug-likeness (QED) is 0.623. The monoisotopic (exact) mass is 207 g/mol. The molecule has 0 aromatic heterocycles. The maximum absolute atomic E-state index is 9.61. The Kier molecular flexibility index (Phi) is 3.05. The summed E-state index contributed by atoms with van der Waals surface area (Å²) >= 11 is 0. The van der Waals surface area contributed by atoms with Crippen LogP contribution in [0.5, 0.6) is 0 Å². The maximum atomic E-state index is 9.61. The summed E-state index contributed by atoms with van der Waals surface area (Å²) < 4.78 is 0. The molecule has 1 heterocycles. The molecule has 3 N–H and O–H groups in total. The van der Waals surface area contributed by atoms with E-state index in [0.717, 1.165) is 31.5 Å². The summed E-state index contributed by atoms with van der Waals surface area (Å²) in [5.41, 5.74) is 0.550. The minimum Gasteiger partial charge on any atom is -0.367 e. The van der Waals surface area contributed by atoms with E-state index in [2.05, 4.69) is 5.32 Å². The van der Waals surface area contributed by atoms with Crippen LogP contribution in [0.1, 0.15) is 18.4 Å². The fourth-order valence-electron chi connectivity index (χ4n) is 2.34. The summed E-state index contributed by atoms with van der Waals surface area (Å²) in [6.07, 6.45) is 0.269. The summed E-state index contributed by atoms with van der Waals surface area (Å²) in [5, 5.41) is 22.5. The van der Waals surface area contributed by atoms with Crippen LogP contribution in [0.3, 0.4) is 0 Å². The molecule has 0 saturated carbocycles. The van der Waals surface area contributed by atoms with E-state index in [1.807, 2.05) is 30.3 Å². The lowest BCUT2D eigenvalue weighted by Crippen LogP contribution is -2.47. The molecule has 1 fully saturated rings. The van der Waals surface area contributed by atoms with Crippen molar-refractivity contribution < 1.29 is 10.2 Å². The van der Waals surface area contributed by atoms with Crippen molar-refractivity contribution in [2.75, 3.05) is 13.1 Å². The fraction of sp³-hybridized carbons (Fsp3) is 0.500. The van der Waals surface area contributed by atoms with E-state index in [-0.39, 0.29) is 0 Å². The largest absolute Gasteiger partial charge is 0.367 e. The zero-order valence-corrected chi connectivity index (χ0v) is 8.69. The number of piperidine rings is 1. The Morgan fingerprint density at radius 1 is 1.07 bits per heavy atom. The fourth-order valence-corrected chi connectivity index (χ4v) is 2.34. The van der Waals surface area contributed by atoms with Gasteiger partial charge in [-0.3, -0.25) is 0 Å². The Bertz CT molecular complexity index is 305. The van der Waals surface area contributed by atoms with Crippen LogP contribution in [0.25, 0.3) is 0 Å². The topological polar surface area (TPSA) is 52.5 Å². The molecule has 0 atom stereocenters. The van der Waals surface area contributed by atoms with Crippen LogP contribution >= 0.6 is 0 Å². The van der Waals surface area contributed by atoms with Crippen molar-refractivity contribution in [3.63, 3.8) is 0 Å². The number of aliphatic hydroxyl groups excluding tert-OH is 1. The van der Waals surface area contributed by atoms with Gasteiger partial charge in [-0.15, -0.1) is 0 Å². The molecule has 0 amide bonds. The molecule has 0 radical (unpaired) electrons. The van der Waals surface area contributed by atoms with Gasteiger partial charge in [0.05, 0.1) is 0 Å². The van der Waals surface area contributed by atoms with Crippen molar-refractivity contribution in [2.45, 2.75) is 24.5 Å². The van der Waals surface area contributed by atoms with Gasteiger partial charge in [0.15, 0.2) is 6.29 Å². The van der Waals surface area contributed by atoms with Crippen molar-refractivity contribution in [3.8, 4) is 0 Å². The van der Waals surface area contributed by atoms with Crippen molar-refractivity contribution >= 4 is 0 Å². The minimum absolute atomic E-state index is 0.480. The Hall–Kier alpha value is -0.900. The first kappa shape index (κ1) is 10.6. The molecule has 1 aliphatic heterocycles. The molecule has 0 spiro atoms. The van der Waals surface area contributed by atoms with Gasteiger partial charge < -0.3 is 15.5 Å². The van der Waals surface area contributed by atoms with E-state index >= 15 is 0 Å². The standard InChI is InChI=1S/C12H17NO2/c14-11(15)12(6-8-13-9-7-12)10-4-2-1-3-5-10/h1-5,11,13-15H,6-9H2. The average molecular weight is 207 g/mol. The second-order valence-electron chi connectivity index (χ2n) is 4.15. The molecule has 0 bridgehead atoms. The van der Waals surface area contributed by atoms with Crippen LogP contribution in [-0.4, -0.2) is 29.6 Å². The van der Waals surface area contributed by atoms with Gasteiger partial charge in [0, 0.05) is 5.41 Å². The highest BCUT2D eigenvalue weighted by Crippen LogP contribution is 2.35. The predicted octanol–water partition coefficient (Wildman–Crippen LogP) is 0.618. The molecule has 1 aromatic rings. The number of rotatable bonds is 2. The Morgan fingerprint density at radius 2 is 1.67 bits per heavy atom. The summed E-state index contributed by atoms with van der Waals surface area (Å²) in [6, 6.07) is 9.79. The zero-order valence-electron chi connectivity index (χ0n) is 8.69. The van der Waals surface area contributed by atoms with Gasteiger partial charge in [-0.2, -0.15) is 0 Å². The highest BCUT2D eigenvalue weighted by atomic mass is 16.5. The van der Waals surface area contributed by atoms with Crippen LogP contribution < -0.4 is 5.32 Å². The normalized spacial score (nSPS) is 20.5. The van der Waals surface area contributed by atoms with Crippen LogP contribution in [0.2, 0.25) is 0 Å². The van der Waals surface area contributed by atoms with Gasteiger partial charge in [-0.05, 0) is 31.5 Å². The molecule has 0 unspecified atom stereocenters. The molecule has 3 nitrogen and oxygen atoms in total. The molecule has 0 aliphatic carbocycles. The SMILES string of the molecule is OC(O)C1(c2ccccc2)CCNCC1. The number of aliphatic hydroxyl groups is 2. The van der Waals surface area contributed by atoms with E-state index < -0.39 is 11.7 Å². The summed E-state index contributed by atoms with van der Waals surface area (Å²) in [4.78, 5) is 0. The van der Waals surface area contributed by atoms with Gasteiger partial charge in [0.1, 0.15) is 0 Å². The highest BCUT2D eigenvalue weighted by Gasteiger charge is 2.39. The molecule has 2 rings (SSSR count). The lowest BCUT2D eigenvalue weighted by molar-refractivity contribution is -0.109. The van der Waals surface area contributed by atoms with Gasteiger partial charge in [-0.25, -0.2) is 0 Å². The second kappa shape index (κ2) is 4.31. The van der Waals surface area contributed by atoms with Crippen LogP contribution in [-0.2, 0) is 5.41 Å². The molecule has 15 heavy (non-hydrogen) atoms. The third kappa shape index (κ3) is 1.91. The smallest absolute Gasteiger partial charge is 0.161 e. The maximum Gasteiger partial charge on any atom is 0.161 e. The van der Waals surface area contributed by atoms with Gasteiger partial charge >= 0.3 is 0 Å². The summed E-state index contributed by atoms with van der Waals surface area (Å²) in [7, 11) is 0. The Balaban J connectivity index is 2.34. The van der Waals surface area contributed by atoms with E-state index in [0.29, 0.717) is 0 Å². The first-order valence-corrected chi connectivity index (χ1v) is 5.38. The molecule has 1 saturated heterocycles. The first-order valence-electron chi connectivity index (χ1n) is 5.38. The lowest BCUT2D eigenvalue weighted by Gasteiger charge is -2.39. The van der Waals surface area contributed by atoms with Crippen LogP contribution in [0.15, 0.2) is 30.3 Å². The number of nitrogens with one attached hydrogen (secondary N) is 1. The molecule has 1 aromatic carbocycles. The van der Waals surface area contributed by atoms with Crippen molar-refractivity contribution in [3.05, 3.63) is 35.9 Å². The molecular weight excluding hydrogens is 190 g/mol. The average Bonchev–Trinajstić information content (AvgIpc) is 2.31. The van der Waals surface area contributed by atoms with Gasteiger partial charge in [-0.1, -0.05) is 30.3 Å². The Labute approximate surface area is 89.8 Å². The zero-order chi connectivity index (χ0) is 10.7. The lowest BCUT2D eigenvalue weighted by atomic mass is 9.72. The van der Waals surface area contributed by atoms with E-state index in [1.54, 1.807) is 0 Å². The van der Waals surface area contributed by atoms with E-state index in [9.17, 15) is 10.2 Å². The van der Waals surface area contributed by atoms with Crippen LogP contribution in [0, 0.1) is 0 Å². The van der Waals surface area contributed by atoms with Gasteiger partial charge in [0.2, 0.25) is 0 Å². The molecule has 1 aliphatic rings. The van der Waals surface area contributed by atoms with Crippen LogP contribution in [0.4, 0.5) is 0 Å². The number of hydrogen-bond acceptors (Lipinski definition) is 3. The van der Waals surface area contributed by atoms with Crippen molar-refractivity contribution in [1.29, 1.82) is 0 Å². The molecular formula is C12H17NO2. The number of benzene rings is 1. The molecule has 82 valence electrons. The van der Waals surface area contributed by atoms with Crippen molar-refractivity contribution in [1.82, 2.24) is 5.32 Å². The third-order valence-corrected chi connectivity index (χ3v) is 3.34. The summed E-state index contributed by atoms with van der Waals surface area (Å²) in [6.45, 7) is 1.68. The minimum atomic E-state index is -1.28.